The van der Waals surface area contributed by atoms with Crippen molar-refractivity contribution >= 4 is 23.1 Å². The summed E-state index contributed by atoms with van der Waals surface area (Å²) < 4.78 is 6.23. The van der Waals surface area contributed by atoms with E-state index in [0.717, 1.165) is 15.0 Å². The quantitative estimate of drug-likeness (QED) is 0.388. The maximum Gasteiger partial charge on any atom is 0.330 e. The van der Waals surface area contributed by atoms with E-state index >= 15 is 0 Å². The lowest BCUT2D eigenvalue weighted by Crippen LogP contribution is -2.42. The summed E-state index contributed by atoms with van der Waals surface area (Å²) in [6, 6.07) is 13.1. The zero-order valence-corrected chi connectivity index (χ0v) is 18.1. The lowest BCUT2D eigenvalue weighted by molar-refractivity contribution is -0.385. The highest BCUT2D eigenvalue weighted by atomic mass is 16.6. The van der Waals surface area contributed by atoms with Crippen LogP contribution in [0.15, 0.2) is 58.1 Å². The minimum Gasteiger partial charge on any atom is -0.383 e. The minimum absolute atomic E-state index is 0.0277. The van der Waals surface area contributed by atoms with Gasteiger partial charge in [-0.1, -0.05) is 36.4 Å². The summed E-state index contributed by atoms with van der Waals surface area (Å²) >= 11 is 0. The van der Waals surface area contributed by atoms with E-state index in [-0.39, 0.29) is 48.0 Å². The summed E-state index contributed by atoms with van der Waals surface area (Å²) in [5.41, 5.74) is 5.12. The van der Waals surface area contributed by atoms with E-state index in [1.54, 1.807) is 24.3 Å². The first-order valence-corrected chi connectivity index (χ1v) is 9.97. The second kappa shape index (κ2) is 9.92. The van der Waals surface area contributed by atoms with Crippen LogP contribution in [0.25, 0.3) is 0 Å². The van der Waals surface area contributed by atoms with Gasteiger partial charge in [-0.25, -0.2) is 4.79 Å². The predicted molar refractivity (Wildman–Crippen MR) is 123 cm³/mol. The number of ether oxygens (including phenoxy) is 1. The second-order valence-corrected chi connectivity index (χ2v) is 7.22. The van der Waals surface area contributed by atoms with Crippen LogP contribution in [0.5, 0.6) is 0 Å². The number of hydrogen-bond donors (Lipinski definition) is 2. The van der Waals surface area contributed by atoms with Gasteiger partial charge in [0.25, 0.3) is 17.2 Å². The van der Waals surface area contributed by atoms with E-state index in [9.17, 15) is 24.5 Å². The number of aromatic amines is 1. The largest absolute Gasteiger partial charge is 0.383 e. The SMILES string of the molecule is COCCN(C(=O)c1cccc([N+](=O)[O-])c1C)c1c(N)n(Cc2ccccc2)c(=O)[nH]c1=O. The number of rotatable bonds is 8. The standard InChI is InChI=1S/C22H23N5O6/c1-14-16(9-6-10-17(14)27(31)32)21(29)25(11-12-33-2)18-19(23)26(22(30)24-20(18)28)13-15-7-4-3-5-8-15/h3-10H,11-13,23H2,1-2H3,(H,24,28,30). The summed E-state index contributed by atoms with van der Waals surface area (Å²) in [4.78, 5) is 52.7. The highest BCUT2D eigenvalue weighted by Gasteiger charge is 2.28. The zero-order valence-electron chi connectivity index (χ0n) is 18.1. The fraction of sp³-hybridized carbons (Fsp3) is 0.227. The number of carbonyl (C=O) groups is 1. The van der Waals surface area contributed by atoms with Gasteiger partial charge in [-0.3, -0.25) is 34.2 Å². The van der Waals surface area contributed by atoms with Crippen LogP contribution in [-0.2, 0) is 11.3 Å². The fourth-order valence-corrected chi connectivity index (χ4v) is 3.46. The maximum atomic E-state index is 13.5. The third-order valence-corrected chi connectivity index (χ3v) is 5.16. The molecule has 172 valence electrons. The molecule has 0 spiro atoms. The first-order valence-electron chi connectivity index (χ1n) is 9.97. The van der Waals surface area contributed by atoms with Gasteiger partial charge in [0.2, 0.25) is 0 Å². The molecule has 0 unspecified atom stereocenters. The van der Waals surface area contributed by atoms with Gasteiger partial charge in [0, 0.05) is 30.8 Å². The van der Waals surface area contributed by atoms with Crippen molar-refractivity contribution in [2.24, 2.45) is 0 Å². The van der Waals surface area contributed by atoms with Crippen LogP contribution < -0.4 is 21.9 Å². The van der Waals surface area contributed by atoms with Crippen LogP contribution in [0, 0.1) is 17.0 Å². The van der Waals surface area contributed by atoms with Gasteiger partial charge in [-0.2, -0.15) is 0 Å². The number of anilines is 2. The summed E-state index contributed by atoms with van der Waals surface area (Å²) in [5.74, 6) is -0.893. The number of carbonyl (C=O) groups excluding carboxylic acids is 1. The van der Waals surface area contributed by atoms with Gasteiger partial charge in [0.15, 0.2) is 5.69 Å². The summed E-state index contributed by atoms with van der Waals surface area (Å²) in [6.45, 7) is 1.49. The van der Waals surface area contributed by atoms with Crippen molar-refractivity contribution in [3.05, 3.63) is 96.2 Å². The number of nitro groups is 1. The van der Waals surface area contributed by atoms with Crippen molar-refractivity contribution in [1.29, 1.82) is 0 Å². The minimum atomic E-state index is -0.852. The smallest absolute Gasteiger partial charge is 0.330 e. The molecule has 3 aromatic rings. The number of nitrogens with zero attached hydrogens (tertiary/aromatic N) is 3. The molecule has 0 radical (unpaired) electrons. The van der Waals surface area contributed by atoms with E-state index in [0.29, 0.717) is 0 Å². The molecule has 1 heterocycles. The molecule has 1 amide bonds. The van der Waals surface area contributed by atoms with Crippen LogP contribution in [0.1, 0.15) is 21.5 Å². The molecule has 11 nitrogen and oxygen atoms in total. The number of amides is 1. The molecular formula is C22H23N5O6. The molecule has 3 rings (SSSR count). The Morgan fingerprint density at radius 3 is 2.52 bits per heavy atom. The van der Waals surface area contributed by atoms with Crippen molar-refractivity contribution in [2.45, 2.75) is 13.5 Å². The van der Waals surface area contributed by atoms with E-state index < -0.39 is 22.1 Å². The Hall–Kier alpha value is -4.25. The Balaban J connectivity index is 2.15. The average Bonchev–Trinajstić information content (AvgIpc) is 2.79. The molecule has 0 bridgehead atoms. The van der Waals surface area contributed by atoms with Gasteiger partial charge >= 0.3 is 5.69 Å². The fourth-order valence-electron chi connectivity index (χ4n) is 3.46. The number of nitrogens with two attached hydrogens (primary N) is 1. The molecule has 0 atom stereocenters. The third-order valence-electron chi connectivity index (χ3n) is 5.16. The zero-order chi connectivity index (χ0) is 24.1. The number of methoxy groups -OCH3 is 1. The Labute approximate surface area is 188 Å². The number of benzene rings is 2. The van der Waals surface area contributed by atoms with Crippen LogP contribution in [0.4, 0.5) is 17.2 Å². The molecule has 3 N–H and O–H groups in total. The summed E-state index contributed by atoms with van der Waals surface area (Å²) in [5, 5.41) is 11.3. The van der Waals surface area contributed by atoms with Gasteiger partial charge < -0.3 is 10.5 Å². The average molecular weight is 453 g/mol. The van der Waals surface area contributed by atoms with Gasteiger partial charge in [-0.15, -0.1) is 0 Å². The van der Waals surface area contributed by atoms with Gasteiger partial charge in [0.1, 0.15) is 5.82 Å². The Morgan fingerprint density at radius 2 is 1.88 bits per heavy atom. The van der Waals surface area contributed by atoms with E-state index in [2.05, 4.69) is 4.98 Å². The molecule has 1 aromatic heterocycles. The Kier molecular flexibility index (Phi) is 7.04. The number of nitro benzene ring substituents is 1. The number of nitrogens with one attached hydrogen (secondary N) is 1. The van der Waals surface area contributed by atoms with Crippen LogP contribution in [0.2, 0.25) is 0 Å². The highest BCUT2D eigenvalue weighted by molar-refractivity contribution is 6.08. The first kappa shape index (κ1) is 23.4. The van der Waals surface area contributed by atoms with Crippen LogP contribution in [-0.4, -0.2) is 40.6 Å². The topological polar surface area (TPSA) is 154 Å². The Morgan fingerprint density at radius 1 is 1.18 bits per heavy atom. The molecule has 0 saturated heterocycles. The van der Waals surface area contributed by atoms with E-state index in [1.807, 2.05) is 6.07 Å². The van der Waals surface area contributed by atoms with Crippen molar-refractivity contribution < 1.29 is 14.5 Å². The second-order valence-electron chi connectivity index (χ2n) is 7.22. The molecule has 0 saturated carbocycles. The Bertz CT molecular complexity index is 1300. The molecule has 33 heavy (non-hydrogen) atoms. The lowest BCUT2D eigenvalue weighted by atomic mass is 10.1. The van der Waals surface area contributed by atoms with Gasteiger partial charge in [0.05, 0.1) is 18.1 Å². The number of H-pyrrole nitrogens is 1. The molecule has 0 fully saturated rings. The molecule has 0 aliphatic rings. The van der Waals surface area contributed by atoms with Crippen LogP contribution in [0.3, 0.4) is 0 Å². The van der Waals surface area contributed by atoms with Crippen LogP contribution >= 0.6 is 0 Å². The molecule has 0 aliphatic heterocycles. The highest BCUT2D eigenvalue weighted by Crippen LogP contribution is 2.25. The third kappa shape index (κ3) is 4.83. The molecule has 2 aromatic carbocycles. The summed E-state index contributed by atoms with van der Waals surface area (Å²) in [6.07, 6.45) is 0. The van der Waals surface area contributed by atoms with E-state index in [1.165, 1.54) is 32.2 Å². The summed E-state index contributed by atoms with van der Waals surface area (Å²) in [7, 11) is 1.42. The lowest BCUT2D eigenvalue weighted by Gasteiger charge is -2.25. The maximum absolute atomic E-state index is 13.5. The number of aromatic nitrogens is 2. The number of hydrogen-bond acceptors (Lipinski definition) is 7. The first-order chi connectivity index (χ1) is 15.8. The van der Waals surface area contributed by atoms with Crippen molar-refractivity contribution in [3.63, 3.8) is 0 Å². The van der Waals surface area contributed by atoms with Crippen molar-refractivity contribution in [3.8, 4) is 0 Å². The normalized spacial score (nSPS) is 10.7. The number of nitrogen functional groups attached to an aromatic ring is 1. The van der Waals surface area contributed by atoms with Gasteiger partial charge in [-0.05, 0) is 18.6 Å². The van der Waals surface area contributed by atoms with Crippen molar-refractivity contribution in [1.82, 2.24) is 9.55 Å². The van der Waals surface area contributed by atoms with E-state index in [4.69, 9.17) is 10.5 Å². The molecule has 0 aliphatic carbocycles. The van der Waals surface area contributed by atoms with Crippen molar-refractivity contribution in [2.75, 3.05) is 30.9 Å². The monoisotopic (exact) mass is 453 g/mol. The molecular weight excluding hydrogens is 430 g/mol. The molecule has 11 heteroatoms. The predicted octanol–water partition coefficient (Wildman–Crippen LogP) is 1.68.